The van der Waals surface area contributed by atoms with Crippen molar-refractivity contribution in [3.63, 3.8) is 0 Å². The summed E-state index contributed by atoms with van der Waals surface area (Å²) in [5.41, 5.74) is -0.617. The van der Waals surface area contributed by atoms with E-state index in [1.807, 2.05) is 0 Å². The fourth-order valence-corrected chi connectivity index (χ4v) is 2.68. The summed E-state index contributed by atoms with van der Waals surface area (Å²) >= 11 is 0. The molecule has 0 radical (unpaired) electrons. The molecule has 0 aromatic heterocycles. The Morgan fingerprint density at radius 2 is 2.00 bits per heavy atom. The predicted molar refractivity (Wildman–Crippen MR) is 55.4 cm³/mol. The lowest BCUT2D eigenvalue weighted by Gasteiger charge is -2.35. The van der Waals surface area contributed by atoms with Crippen LogP contribution < -0.4 is 10.2 Å². The first-order chi connectivity index (χ1) is 7.55. The van der Waals surface area contributed by atoms with Gasteiger partial charge in [-0.3, -0.25) is 0 Å². The van der Waals surface area contributed by atoms with Crippen LogP contribution >= 0.6 is 0 Å². The number of benzene rings is 1. The number of fused-ring (bicyclic) bond motifs is 3. The standard InChI is InChI=1S/C11H11F3N2/c12-11(13,14)10-6-3-7-16(10)9-5-2-1-4-8(9)15-10/h1-2,4-5,15H,3,6-7H2. The predicted octanol–water partition coefficient (Wildman–Crippen LogP) is 2.97. The molecule has 86 valence electrons. The lowest BCUT2D eigenvalue weighted by Crippen LogP contribution is -2.57. The second-order valence-corrected chi connectivity index (χ2v) is 4.26. The van der Waals surface area contributed by atoms with E-state index < -0.39 is 11.8 Å². The molecule has 1 fully saturated rings. The Bertz CT molecular complexity index is 429. The molecule has 0 bridgehead atoms. The molecule has 3 rings (SSSR count). The number of para-hydroxylation sites is 2. The summed E-state index contributed by atoms with van der Waals surface area (Å²) in [6, 6.07) is 6.95. The zero-order chi connectivity index (χ0) is 11.4. The minimum Gasteiger partial charge on any atom is -0.354 e. The molecule has 1 N–H and O–H groups in total. The van der Waals surface area contributed by atoms with Gasteiger partial charge in [0.15, 0.2) is 0 Å². The first kappa shape index (κ1) is 9.81. The van der Waals surface area contributed by atoms with Gasteiger partial charge in [-0.05, 0) is 18.6 Å². The van der Waals surface area contributed by atoms with Crippen molar-refractivity contribution in [1.29, 1.82) is 0 Å². The summed E-state index contributed by atoms with van der Waals surface area (Å²) in [5.74, 6) is 0. The van der Waals surface area contributed by atoms with Gasteiger partial charge in [-0.2, -0.15) is 13.2 Å². The van der Waals surface area contributed by atoms with Crippen molar-refractivity contribution in [3.05, 3.63) is 24.3 Å². The fraction of sp³-hybridized carbons (Fsp3) is 0.455. The largest absolute Gasteiger partial charge is 0.430 e. The van der Waals surface area contributed by atoms with Crippen molar-refractivity contribution in [3.8, 4) is 0 Å². The summed E-state index contributed by atoms with van der Waals surface area (Å²) in [7, 11) is 0. The van der Waals surface area contributed by atoms with Gasteiger partial charge in [-0.15, -0.1) is 0 Å². The van der Waals surface area contributed by atoms with Crippen LogP contribution in [-0.4, -0.2) is 18.4 Å². The van der Waals surface area contributed by atoms with Crippen molar-refractivity contribution in [2.24, 2.45) is 0 Å². The molecular formula is C11H11F3N2. The summed E-state index contributed by atoms with van der Waals surface area (Å²) in [5, 5.41) is 2.65. The number of alkyl halides is 3. The van der Waals surface area contributed by atoms with Gasteiger partial charge in [0.2, 0.25) is 5.66 Å². The van der Waals surface area contributed by atoms with Crippen LogP contribution in [0.1, 0.15) is 12.8 Å². The maximum Gasteiger partial charge on any atom is 0.430 e. The minimum absolute atomic E-state index is 0.116. The smallest absolute Gasteiger partial charge is 0.354 e. The van der Waals surface area contributed by atoms with Gasteiger partial charge < -0.3 is 10.2 Å². The topological polar surface area (TPSA) is 15.3 Å². The third-order valence-electron chi connectivity index (χ3n) is 3.39. The van der Waals surface area contributed by atoms with Crippen LogP contribution in [-0.2, 0) is 0 Å². The van der Waals surface area contributed by atoms with Crippen LogP contribution in [0.4, 0.5) is 24.5 Å². The van der Waals surface area contributed by atoms with E-state index in [1.165, 1.54) is 4.90 Å². The van der Waals surface area contributed by atoms with E-state index in [0.29, 0.717) is 24.3 Å². The van der Waals surface area contributed by atoms with Gasteiger partial charge in [0, 0.05) is 13.0 Å². The van der Waals surface area contributed by atoms with Crippen molar-refractivity contribution < 1.29 is 13.2 Å². The lowest BCUT2D eigenvalue weighted by molar-refractivity contribution is -0.174. The van der Waals surface area contributed by atoms with Gasteiger partial charge in [-0.1, -0.05) is 12.1 Å². The van der Waals surface area contributed by atoms with Gasteiger partial charge in [0.1, 0.15) is 0 Å². The van der Waals surface area contributed by atoms with E-state index >= 15 is 0 Å². The normalized spacial score (nSPS) is 27.6. The summed E-state index contributed by atoms with van der Waals surface area (Å²) in [6.07, 6.45) is -3.56. The third-order valence-corrected chi connectivity index (χ3v) is 3.39. The Morgan fingerprint density at radius 1 is 1.25 bits per heavy atom. The molecule has 0 saturated carbocycles. The monoisotopic (exact) mass is 228 g/mol. The zero-order valence-electron chi connectivity index (χ0n) is 8.51. The van der Waals surface area contributed by atoms with Crippen LogP contribution in [0.15, 0.2) is 24.3 Å². The maximum atomic E-state index is 13.2. The van der Waals surface area contributed by atoms with Gasteiger partial charge >= 0.3 is 6.18 Å². The Labute approximate surface area is 91.1 Å². The van der Waals surface area contributed by atoms with E-state index in [1.54, 1.807) is 24.3 Å². The molecule has 0 aliphatic carbocycles. The average Bonchev–Trinajstić information content (AvgIpc) is 2.72. The number of halogens is 3. The minimum atomic E-state index is -4.25. The van der Waals surface area contributed by atoms with E-state index in [2.05, 4.69) is 5.32 Å². The molecule has 0 amide bonds. The van der Waals surface area contributed by atoms with Gasteiger partial charge in [0.25, 0.3) is 0 Å². The second kappa shape index (κ2) is 2.84. The molecule has 16 heavy (non-hydrogen) atoms. The number of rotatable bonds is 0. The number of nitrogens with one attached hydrogen (secondary N) is 1. The molecular weight excluding hydrogens is 217 g/mol. The fourth-order valence-electron chi connectivity index (χ4n) is 2.68. The van der Waals surface area contributed by atoms with Crippen molar-refractivity contribution in [2.45, 2.75) is 24.7 Å². The summed E-state index contributed by atoms with van der Waals surface area (Å²) in [6.45, 7) is 0.462. The van der Waals surface area contributed by atoms with Crippen LogP contribution in [0.3, 0.4) is 0 Å². The SMILES string of the molecule is FC(F)(F)C12CCCN1c1ccccc1N2. The van der Waals surface area contributed by atoms with Crippen molar-refractivity contribution >= 4 is 11.4 Å². The molecule has 0 spiro atoms. The average molecular weight is 228 g/mol. The van der Waals surface area contributed by atoms with E-state index in [-0.39, 0.29) is 6.42 Å². The second-order valence-electron chi connectivity index (χ2n) is 4.26. The van der Waals surface area contributed by atoms with Crippen LogP contribution in [0, 0.1) is 0 Å². The number of nitrogens with zero attached hydrogens (tertiary/aromatic N) is 1. The molecule has 2 heterocycles. The van der Waals surface area contributed by atoms with Crippen molar-refractivity contribution in [2.75, 3.05) is 16.8 Å². The highest BCUT2D eigenvalue weighted by Gasteiger charge is 2.63. The molecule has 2 aliphatic heterocycles. The first-order valence-corrected chi connectivity index (χ1v) is 5.26. The lowest BCUT2D eigenvalue weighted by atomic mass is 10.1. The molecule has 5 heteroatoms. The Balaban J connectivity index is 2.12. The Kier molecular flexibility index (Phi) is 1.74. The van der Waals surface area contributed by atoms with E-state index in [4.69, 9.17) is 0 Å². The van der Waals surface area contributed by atoms with Gasteiger partial charge in [-0.25, -0.2) is 0 Å². The Morgan fingerprint density at radius 3 is 2.75 bits per heavy atom. The molecule has 1 atom stereocenters. The molecule has 2 nitrogen and oxygen atoms in total. The van der Waals surface area contributed by atoms with Crippen LogP contribution in [0.2, 0.25) is 0 Å². The van der Waals surface area contributed by atoms with Gasteiger partial charge in [0.05, 0.1) is 11.4 Å². The number of hydrogen-bond donors (Lipinski definition) is 1. The number of hydrogen-bond acceptors (Lipinski definition) is 2. The Hall–Kier alpha value is -1.39. The quantitative estimate of drug-likeness (QED) is 0.734. The molecule has 1 unspecified atom stereocenters. The van der Waals surface area contributed by atoms with E-state index in [9.17, 15) is 13.2 Å². The first-order valence-electron chi connectivity index (χ1n) is 5.26. The van der Waals surface area contributed by atoms with E-state index in [0.717, 1.165) is 0 Å². The molecule has 1 saturated heterocycles. The zero-order valence-corrected chi connectivity index (χ0v) is 8.51. The van der Waals surface area contributed by atoms with Crippen LogP contribution in [0.25, 0.3) is 0 Å². The maximum absolute atomic E-state index is 13.2. The molecule has 1 aromatic rings. The highest BCUT2D eigenvalue weighted by molar-refractivity contribution is 5.79. The third kappa shape index (κ3) is 1.03. The van der Waals surface area contributed by atoms with Crippen molar-refractivity contribution in [1.82, 2.24) is 0 Å². The van der Waals surface area contributed by atoms with Crippen LogP contribution in [0.5, 0.6) is 0 Å². The highest BCUT2D eigenvalue weighted by Crippen LogP contribution is 2.52. The number of anilines is 2. The molecule has 2 aliphatic rings. The summed E-state index contributed by atoms with van der Waals surface area (Å²) in [4.78, 5) is 1.45. The highest BCUT2D eigenvalue weighted by atomic mass is 19.4. The summed E-state index contributed by atoms with van der Waals surface area (Å²) < 4.78 is 39.5. The molecule has 1 aromatic carbocycles.